The first-order valence-corrected chi connectivity index (χ1v) is 11.4. The zero-order valence-corrected chi connectivity index (χ0v) is 18.5. The van der Waals surface area contributed by atoms with E-state index in [0.717, 1.165) is 16.0 Å². The summed E-state index contributed by atoms with van der Waals surface area (Å²) in [5.41, 5.74) is 2.51. The number of nitrogens with zero attached hydrogens (tertiary/aromatic N) is 2. The molecule has 1 saturated heterocycles. The molecule has 2 N–H and O–H groups in total. The summed E-state index contributed by atoms with van der Waals surface area (Å²) in [5, 5.41) is 12.0. The van der Waals surface area contributed by atoms with E-state index >= 15 is 0 Å². The molecule has 0 atom stereocenters. The van der Waals surface area contributed by atoms with Gasteiger partial charge in [0.05, 0.1) is 41.7 Å². The number of hydrogen-bond acceptors (Lipinski definition) is 4. The van der Waals surface area contributed by atoms with Crippen molar-refractivity contribution in [3.8, 4) is 6.07 Å². The van der Waals surface area contributed by atoms with Crippen molar-refractivity contribution in [3.63, 3.8) is 0 Å². The maximum absolute atomic E-state index is 13.0. The van der Waals surface area contributed by atoms with Crippen LogP contribution in [0.3, 0.4) is 0 Å². The van der Waals surface area contributed by atoms with Crippen LogP contribution >= 0.6 is 11.6 Å². The van der Waals surface area contributed by atoms with Crippen LogP contribution in [-0.2, 0) is 14.8 Å². The minimum atomic E-state index is -3.55. The monoisotopic (exact) mass is 447 g/mol. The van der Waals surface area contributed by atoms with Crippen LogP contribution in [0.1, 0.15) is 16.7 Å². The Hall–Kier alpha value is -2.44. The molecule has 1 aliphatic rings. The van der Waals surface area contributed by atoms with Crippen molar-refractivity contribution < 1.29 is 18.1 Å². The summed E-state index contributed by atoms with van der Waals surface area (Å²) in [6, 6.07) is 12.1. The van der Waals surface area contributed by atoms with Gasteiger partial charge in [-0.25, -0.2) is 8.42 Å². The fourth-order valence-corrected chi connectivity index (χ4v) is 5.43. The van der Waals surface area contributed by atoms with Crippen molar-refractivity contribution in [3.05, 3.63) is 58.1 Å². The van der Waals surface area contributed by atoms with Gasteiger partial charge in [-0.15, -0.1) is 0 Å². The molecule has 2 aromatic carbocycles. The molecule has 0 radical (unpaired) electrons. The highest BCUT2D eigenvalue weighted by molar-refractivity contribution is 7.89. The number of piperazine rings is 1. The number of quaternary nitrogens is 1. The summed E-state index contributed by atoms with van der Waals surface area (Å²) < 4.78 is 27.5. The summed E-state index contributed by atoms with van der Waals surface area (Å²) in [5.74, 6) is -0.184. The molecule has 1 aliphatic heterocycles. The Morgan fingerprint density at radius 3 is 2.53 bits per heavy atom. The number of aryl methyl sites for hydroxylation is 2. The lowest BCUT2D eigenvalue weighted by molar-refractivity contribution is -0.895. The van der Waals surface area contributed by atoms with E-state index in [0.29, 0.717) is 42.3 Å². The van der Waals surface area contributed by atoms with Crippen molar-refractivity contribution in [1.29, 1.82) is 5.26 Å². The number of halogens is 1. The molecule has 3 rings (SSSR count). The first-order chi connectivity index (χ1) is 14.2. The molecule has 0 bridgehead atoms. The Morgan fingerprint density at radius 2 is 1.90 bits per heavy atom. The van der Waals surface area contributed by atoms with Gasteiger partial charge in [-0.3, -0.25) is 4.79 Å². The summed E-state index contributed by atoms with van der Waals surface area (Å²) in [6.07, 6.45) is 0. The number of anilines is 1. The molecule has 7 nitrogen and oxygen atoms in total. The molecule has 158 valence electrons. The SMILES string of the molecule is Cc1ccc(C)c(S(=O)(=O)N2CC[NH+](CC(=O)Nc3ccc(C#N)c(Cl)c3)CC2)c1. The Kier molecular flexibility index (Phi) is 6.78. The van der Waals surface area contributed by atoms with Crippen LogP contribution in [0.4, 0.5) is 5.69 Å². The minimum Gasteiger partial charge on any atom is -0.325 e. The van der Waals surface area contributed by atoms with Crippen LogP contribution in [-0.4, -0.2) is 51.4 Å². The second-order valence-electron chi connectivity index (χ2n) is 7.45. The van der Waals surface area contributed by atoms with Crippen molar-refractivity contribution in [2.75, 3.05) is 38.0 Å². The molecule has 0 unspecified atom stereocenters. The average molecular weight is 448 g/mol. The highest BCUT2D eigenvalue weighted by Gasteiger charge is 2.32. The smallest absolute Gasteiger partial charge is 0.279 e. The van der Waals surface area contributed by atoms with Crippen molar-refractivity contribution in [2.24, 2.45) is 0 Å². The molecule has 30 heavy (non-hydrogen) atoms. The average Bonchev–Trinajstić information content (AvgIpc) is 2.70. The molecular formula is C21H24ClN4O3S+. The fourth-order valence-electron chi connectivity index (χ4n) is 3.46. The van der Waals surface area contributed by atoms with Crippen LogP contribution in [0, 0.1) is 25.2 Å². The van der Waals surface area contributed by atoms with Crippen molar-refractivity contribution in [1.82, 2.24) is 4.31 Å². The summed E-state index contributed by atoms with van der Waals surface area (Å²) in [7, 11) is -3.55. The van der Waals surface area contributed by atoms with E-state index in [1.807, 2.05) is 25.1 Å². The van der Waals surface area contributed by atoms with Crippen LogP contribution < -0.4 is 10.2 Å². The topological polar surface area (TPSA) is 94.7 Å². The predicted octanol–water partition coefficient (Wildman–Crippen LogP) is 1.36. The van der Waals surface area contributed by atoms with Gasteiger partial charge >= 0.3 is 0 Å². The second-order valence-corrected chi connectivity index (χ2v) is 9.77. The highest BCUT2D eigenvalue weighted by Crippen LogP contribution is 2.21. The molecule has 1 amide bonds. The molecular weight excluding hydrogens is 424 g/mol. The third kappa shape index (κ3) is 4.99. The molecule has 1 fully saturated rings. The number of hydrogen-bond donors (Lipinski definition) is 2. The molecule has 1 heterocycles. The van der Waals surface area contributed by atoms with Gasteiger partial charge in [0.1, 0.15) is 6.07 Å². The Bertz CT molecular complexity index is 1100. The largest absolute Gasteiger partial charge is 0.325 e. The van der Waals surface area contributed by atoms with Crippen LogP contribution in [0.25, 0.3) is 0 Å². The van der Waals surface area contributed by atoms with Gasteiger partial charge in [-0.1, -0.05) is 23.7 Å². The highest BCUT2D eigenvalue weighted by atomic mass is 35.5. The van der Waals surface area contributed by atoms with Gasteiger partial charge in [0.25, 0.3) is 5.91 Å². The van der Waals surface area contributed by atoms with Crippen LogP contribution in [0.2, 0.25) is 5.02 Å². The summed E-state index contributed by atoms with van der Waals surface area (Å²) >= 11 is 5.99. The van der Waals surface area contributed by atoms with E-state index in [4.69, 9.17) is 16.9 Å². The van der Waals surface area contributed by atoms with Crippen molar-refractivity contribution >= 4 is 33.2 Å². The van der Waals surface area contributed by atoms with Gasteiger partial charge in [-0.2, -0.15) is 9.57 Å². The number of benzene rings is 2. The quantitative estimate of drug-likeness (QED) is 0.723. The standard InChI is InChI=1S/C21H23ClN4O3S/c1-15-3-4-16(2)20(11-15)30(28,29)26-9-7-25(8-10-26)14-21(27)24-18-6-5-17(13-23)19(22)12-18/h3-6,11-12H,7-10,14H2,1-2H3,(H,24,27)/p+1. The number of amides is 1. The number of sulfonamides is 1. The Balaban J connectivity index is 1.58. The van der Waals surface area contributed by atoms with Crippen molar-refractivity contribution in [2.45, 2.75) is 18.7 Å². The third-order valence-corrected chi connectivity index (χ3v) is 7.53. The first-order valence-electron chi connectivity index (χ1n) is 9.61. The van der Waals surface area contributed by atoms with Gasteiger partial charge in [-0.05, 0) is 49.2 Å². The van der Waals surface area contributed by atoms with E-state index < -0.39 is 10.0 Å². The zero-order chi connectivity index (χ0) is 21.9. The lowest BCUT2D eigenvalue weighted by Gasteiger charge is -2.31. The van der Waals surface area contributed by atoms with E-state index in [9.17, 15) is 13.2 Å². The summed E-state index contributed by atoms with van der Waals surface area (Å²) in [6.45, 7) is 5.72. The lowest BCUT2D eigenvalue weighted by atomic mass is 10.2. The number of carbonyl (C=O) groups is 1. The minimum absolute atomic E-state index is 0.184. The third-order valence-electron chi connectivity index (χ3n) is 5.17. The molecule has 0 aromatic heterocycles. The van der Waals surface area contributed by atoms with E-state index in [1.165, 1.54) is 4.31 Å². The Morgan fingerprint density at radius 1 is 1.20 bits per heavy atom. The molecule has 2 aromatic rings. The van der Waals surface area contributed by atoms with Gasteiger partial charge in [0.15, 0.2) is 6.54 Å². The summed E-state index contributed by atoms with van der Waals surface area (Å²) in [4.78, 5) is 13.7. The van der Waals surface area contributed by atoms with E-state index in [-0.39, 0.29) is 17.5 Å². The maximum Gasteiger partial charge on any atom is 0.279 e. The van der Waals surface area contributed by atoms with Gasteiger partial charge in [0, 0.05) is 5.69 Å². The Labute approximate surface area is 181 Å². The van der Waals surface area contributed by atoms with Gasteiger partial charge < -0.3 is 10.2 Å². The zero-order valence-electron chi connectivity index (χ0n) is 16.9. The number of rotatable bonds is 5. The fraction of sp³-hybridized carbons (Fsp3) is 0.333. The van der Waals surface area contributed by atoms with Crippen LogP contribution in [0.5, 0.6) is 0 Å². The van der Waals surface area contributed by atoms with Gasteiger partial charge in [0.2, 0.25) is 10.0 Å². The number of nitrogens with one attached hydrogen (secondary N) is 2. The predicted molar refractivity (Wildman–Crippen MR) is 115 cm³/mol. The first kappa shape index (κ1) is 22.2. The number of nitriles is 1. The number of carbonyl (C=O) groups excluding carboxylic acids is 1. The normalized spacial score (nSPS) is 15.5. The molecule has 9 heteroatoms. The lowest BCUT2D eigenvalue weighted by Crippen LogP contribution is -3.15. The van der Waals surface area contributed by atoms with E-state index in [2.05, 4.69) is 5.32 Å². The molecule has 0 spiro atoms. The molecule has 0 saturated carbocycles. The maximum atomic E-state index is 13.0. The van der Waals surface area contributed by atoms with Crippen LogP contribution in [0.15, 0.2) is 41.3 Å². The molecule has 0 aliphatic carbocycles. The second kappa shape index (κ2) is 9.14. The van der Waals surface area contributed by atoms with E-state index in [1.54, 1.807) is 31.2 Å².